The molecule has 1 saturated carbocycles. The van der Waals surface area contributed by atoms with Crippen LogP contribution in [0.2, 0.25) is 4.34 Å². The van der Waals surface area contributed by atoms with Crippen LogP contribution < -0.4 is 5.32 Å². The van der Waals surface area contributed by atoms with Gasteiger partial charge >= 0.3 is 165 Å². The molecule has 12 heteroatoms. The van der Waals surface area contributed by atoms with Crippen LogP contribution in [0.4, 0.5) is 5.82 Å². The molecular formula is C17H19ClIN3O4PS2-. The van der Waals surface area contributed by atoms with Crippen molar-refractivity contribution in [2.75, 3.05) is 19.0 Å². The van der Waals surface area contributed by atoms with E-state index in [1.807, 2.05) is 0 Å². The second-order valence-corrected chi connectivity index (χ2v) is 14.3. The van der Waals surface area contributed by atoms with Crippen molar-refractivity contribution in [3.8, 4) is 0 Å². The van der Waals surface area contributed by atoms with Crippen LogP contribution in [-0.4, -0.2) is 46.7 Å². The minimum Gasteiger partial charge on any atom is -0.0721 e. The first-order valence-corrected chi connectivity index (χ1v) is 14.6. The number of ketones is 1. The number of anilines is 1. The van der Waals surface area contributed by atoms with Crippen molar-refractivity contribution in [3.63, 3.8) is 0 Å². The molecule has 0 aromatic carbocycles. The van der Waals surface area contributed by atoms with Gasteiger partial charge in [-0.25, -0.2) is 0 Å². The van der Waals surface area contributed by atoms with Crippen LogP contribution in [0, 0.1) is 5.92 Å². The number of aliphatic hydroxyl groups is 1. The number of carbonyl (C=O) groups is 1. The quantitative estimate of drug-likeness (QED) is 0.206. The first kappa shape index (κ1) is 23.6. The van der Waals surface area contributed by atoms with Gasteiger partial charge in [0, 0.05) is 7.11 Å². The summed E-state index contributed by atoms with van der Waals surface area (Å²) in [6.45, 7) is 0.380. The number of aromatic nitrogens is 2. The molecule has 1 fully saturated rings. The van der Waals surface area contributed by atoms with Gasteiger partial charge in [0.2, 0.25) is 0 Å². The summed E-state index contributed by atoms with van der Waals surface area (Å²) in [6.07, 6.45) is 4.22. The summed E-state index contributed by atoms with van der Waals surface area (Å²) in [5.41, 5.74) is 1.15. The molecule has 29 heavy (non-hydrogen) atoms. The van der Waals surface area contributed by atoms with E-state index in [0.29, 0.717) is 40.0 Å². The van der Waals surface area contributed by atoms with Crippen LogP contribution in [0.5, 0.6) is 0 Å². The third kappa shape index (κ3) is 6.00. The van der Waals surface area contributed by atoms with E-state index in [4.69, 9.17) is 20.5 Å². The molecule has 3 rings (SSSR count). The fourth-order valence-electron chi connectivity index (χ4n) is 3.33. The van der Waals surface area contributed by atoms with Gasteiger partial charge in [-0.1, -0.05) is 11.6 Å². The molecule has 0 unspecified atom stereocenters. The Balaban J connectivity index is 1.78. The summed E-state index contributed by atoms with van der Waals surface area (Å²) >= 11 is 9.53. The summed E-state index contributed by atoms with van der Waals surface area (Å²) in [6, 6.07) is 1.76. The van der Waals surface area contributed by atoms with E-state index >= 15 is 0 Å². The molecule has 7 nitrogen and oxygen atoms in total. The Morgan fingerprint density at radius 2 is 2.34 bits per heavy atom. The first-order chi connectivity index (χ1) is 13.9. The van der Waals surface area contributed by atoms with Gasteiger partial charge in [0.1, 0.15) is 0 Å². The number of aliphatic hydroxyl groups excluding tert-OH is 1. The Hall–Kier alpha value is -0.0700. The Morgan fingerprint density at radius 3 is 3.03 bits per heavy atom. The Labute approximate surface area is 194 Å². The van der Waals surface area contributed by atoms with Gasteiger partial charge in [0.15, 0.2) is 0 Å². The van der Waals surface area contributed by atoms with Gasteiger partial charge in [-0.05, 0) is 0 Å². The molecule has 2 N–H and O–H groups in total. The Kier molecular flexibility index (Phi) is 8.94. The molecule has 0 amide bonds. The maximum absolute atomic E-state index is 13.1. The fourth-order valence-corrected chi connectivity index (χ4v) is 6.10. The van der Waals surface area contributed by atoms with Crippen molar-refractivity contribution >= 4 is 70.9 Å². The number of halogens is 2. The van der Waals surface area contributed by atoms with E-state index < -0.39 is 7.32 Å². The van der Waals surface area contributed by atoms with E-state index in [-0.39, 0.29) is 30.5 Å². The number of methoxy groups -OCH3 is 1. The predicted molar refractivity (Wildman–Crippen MR) is 126 cm³/mol. The topological polar surface area (TPSA) is 93.6 Å². The van der Waals surface area contributed by atoms with Crippen molar-refractivity contribution in [2.24, 2.45) is 5.92 Å². The molecule has 3 atom stereocenters. The number of hydrogen-bond donors (Lipinski definition) is 2. The minimum absolute atomic E-state index is 0.0121. The summed E-state index contributed by atoms with van der Waals surface area (Å²) in [7, 11) is 5.37. The van der Waals surface area contributed by atoms with Crippen molar-refractivity contribution in [1.82, 2.24) is 9.97 Å². The van der Waals surface area contributed by atoms with Gasteiger partial charge in [0.25, 0.3) is 0 Å². The van der Waals surface area contributed by atoms with Crippen molar-refractivity contribution < 1.29 is 18.8 Å². The normalized spacial score (nSPS) is 21.6. The number of ether oxygens (including phenoxy) is 1. The second kappa shape index (κ2) is 11.0. The van der Waals surface area contributed by atoms with Crippen LogP contribution in [0.3, 0.4) is 0 Å². The molecule has 1 aliphatic carbocycles. The molecule has 0 saturated heterocycles. The number of hydrogen-bond acceptors (Lipinski definition) is 9. The molecule has 0 aliphatic heterocycles. The van der Waals surface area contributed by atoms with E-state index in [1.165, 1.54) is 23.9 Å². The van der Waals surface area contributed by atoms with Crippen molar-refractivity contribution in [2.45, 2.75) is 31.6 Å². The van der Waals surface area contributed by atoms with Crippen molar-refractivity contribution in [1.29, 1.82) is 0 Å². The summed E-state index contributed by atoms with van der Waals surface area (Å²) in [5.74, 6) is 0.277. The predicted octanol–water partition coefficient (Wildman–Crippen LogP) is 4.35. The van der Waals surface area contributed by atoms with Crippen molar-refractivity contribution in [3.05, 3.63) is 38.9 Å². The van der Waals surface area contributed by atoms with Crippen LogP contribution in [0.25, 0.3) is 0 Å². The molecule has 158 valence electrons. The third-order valence-electron chi connectivity index (χ3n) is 4.65. The van der Waals surface area contributed by atoms with Gasteiger partial charge in [-0.3, -0.25) is 0 Å². The van der Waals surface area contributed by atoms with Crippen LogP contribution in [-0.2, 0) is 22.9 Å². The van der Waals surface area contributed by atoms with Gasteiger partial charge < -0.3 is 4.74 Å². The number of nitrogens with one attached hydrogen (secondary N) is 1. The average molecular weight is 587 g/mol. The smallest absolute Gasteiger partial charge is 0.0721 e. The Morgan fingerprint density at radius 1 is 1.55 bits per heavy atom. The SMILES string of the molecule is COCc1cc(C(=O)c2cncnc2N[C@@H]2C[C@H](CO)[C@@H](O[S-](#P)I)C2)sc1Cl. The van der Waals surface area contributed by atoms with E-state index in [9.17, 15) is 9.90 Å². The molecule has 0 radical (unpaired) electrons. The summed E-state index contributed by atoms with van der Waals surface area (Å²) < 4.78 is 11.5. The number of rotatable bonds is 8. The van der Waals surface area contributed by atoms with Crippen LogP contribution in [0.1, 0.15) is 33.6 Å². The average Bonchev–Trinajstić information content (AvgIpc) is 3.24. The zero-order chi connectivity index (χ0) is 21.0. The zero-order valence-electron chi connectivity index (χ0n) is 15.4. The van der Waals surface area contributed by atoms with E-state index in [1.54, 1.807) is 13.2 Å². The number of carbonyl (C=O) groups excluding carboxylic acids is 1. The molecular weight excluding hydrogens is 568 g/mol. The van der Waals surface area contributed by atoms with Gasteiger partial charge in [-0.2, -0.15) is 0 Å². The minimum atomic E-state index is -0.503. The van der Waals surface area contributed by atoms with Crippen LogP contribution >= 0.6 is 52.0 Å². The first-order valence-electron chi connectivity index (χ1n) is 8.68. The Bertz CT molecular complexity index is 954. The zero-order valence-corrected chi connectivity index (χ0v) is 20.8. The fraction of sp³-hybridized carbons (Fsp3) is 0.471. The maximum atomic E-state index is 13.1. The molecule has 2 heterocycles. The monoisotopic (exact) mass is 586 g/mol. The third-order valence-corrected chi connectivity index (χ3v) is 7.37. The molecule has 0 spiro atoms. The number of thiophene rings is 1. The van der Waals surface area contributed by atoms with Crippen LogP contribution in [0.15, 0.2) is 18.6 Å². The van der Waals surface area contributed by atoms with E-state index in [0.717, 1.165) is 5.56 Å². The molecule has 0 bridgehead atoms. The van der Waals surface area contributed by atoms with Gasteiger partial charge in [0.05, 0.1) is 6.61 Å². The standard InChI is InChI=1S/C17H19ClIN3O4PS2/c1-25-7-10-3-14(28-16(10)18)15(24)12-5-20-8-21-17(12)22-11-2-9(6-23)13(4-11)26-29(19)27/h3,5,8-9,11,13,23H,2,4,6-7H2,1H3,(H,20,21,22)/q-1/t9-,11-,13+/m1/s1. The van der Waals surface area contributed by atoms with E-state index in [2.05, 4.69) is 44.3 Å². The summed E-state index contributed by atoms with van der Waals surface area (Å²) in [4.78, 5) is 21.9. The second-order valence-electron chi connectivity index (χ2n) is 6.55. The molecule has 1 aliphatic rings. The molecule has 2 aromatic rings. The molecule has 2 aromatic heterocycles. The number of nitrogens with zero attached hydrogens (tertiary/aromatic N) is 2. The summed E-state index contributed by atoms with van der Waals surface area (Å²) in [5, 5.41) is 13.0. The van der Waals surface area contributed by atoms with Gasteiger partial charge in [-0.15, -0.1) is 0 Å².